The maximum Gasteiger partial charge on any atom is 0.344 e. The van der Waals surface area contributed by atoms with E-state index in [0.29, 0.717) is 36.4 Å². The zero-order valence-electron chi connectivity index (χ0n) is 16.3. The van der Waals surface area contributed by atoms with Crippen LogP contribution in [0.5, 0.6) is 0 Å². The average Bonchev–Trinajstić information content (AvgIpc) is 2.91. The number of aliphatic carboxylic acids is 1. The zero-order chi connectivity index (χ0) is 19.4. The van der Waals surface area contributed by atoms with Crippen LogP contribution in [0.15, 0.2) is 5.16 Å². The number of rotatable bonds is 3. The Morgan fingerprint density at radius 3 is 2.70 bits per heavy atom. The standard InChI is InChI=1S/C21H31NO5/c1-20-7-5-12(22-27-11-19(25)26)9-16(20)17(23)10-13-14-3-4-18(24)21(14,2)8-6-15(13)20/h13-17,23H,3-11H2,1-2H3,(H,25,26)/b22-12+/t13?,14?,15?,16-,17-,20-,21+/m1/s1. The number of carboxylic acids is 1. The molecule has 0 bridgehead atoms. The fraction of sp³-hybridized carbons (Fsp3) is 0.857. The van der Waals surface area contributed by atoms with Crippen LogP contribution in [-0.4, -0.2) is 40.4 Å². The first kappa shape index (κ1) is 18.9. The SMILES string of the molecule is C[C@]12CCC3C(C[C@@H](O)[C@H]4C/C(=N/OCC(=O)O)CC[C@]34C)C1CCC2=O. The lowest BCUT2D eigenvalue weighted by Crippen LogP contribution is -2.57. The van der Waals surface area contributed by atoms with Crippen LogP contribution >= 0.6 is 0 Å². The van der Waals surface area contributed by atoms with Gasteiger partial charge in [-0.05, 0) is 74.0 Å². The molecule has 0 aromatic heterocycles. The van der Waals surface area contributed by atoms with Crippen molar-refractivity contribution in [2.24, 2.45) is 39.7 Å². The Balaban J connectivity index is 1.54. The van der Waals surface area contributed by atoms with Crippen LogP contribution in [-0.2, 0) is 14.4 Å². The van der Waals surface area contributed by atoms with Crippen LogP contribution in [0.4, 0.5) is 0 Å². The highest BCUT2D eigenvalue weighted by atomic mass is 16.6. The van der Waals surface area contributed by atoms with Gasteiger partial charge in [-0.15, -0.1) is 0 Å². The summed E-state index contributed by atoms with van der Waals surface area (Å²) in [5.74, 6) is 0.953. The predicted molar refractivity (Wildman–Crippen MR) is 99.1 cm³/mol. The van der Waals surface area contributed by atoms with Crippen molar-refractivity contribution in [1.29, 1.82) is 0 Å². The Morgan fingerprint density at radius 2 is 1.96 bits per heavy atom. The zero-order valence-corrected chi connectivity index (χ0v) is 16.3. The molecule has 4 aliphatic rings. The summed E-state index contributed by atoms with van der Waals surface area (Å²) in [6, 6.07) is 0. The topological polar surface area (TPSA) is 96.2 Å². The number of aliphatic hydroxyl groups excluding tert-OH is 1. The normalized spacial score (nSPS) is 47.9. The van der Waals surface area contributed by atoms with Gasteiger partial charge in [0.15, 0.2) is 0 Å². The summed E-state index contributed by atoms with van der Waals surface area (Å²) in [7, 11) is 0. The predicted octanol–water partition coefficient (Wildman–Crippen LogP) is 3.03. The molecule has 3 unspecified atom stereocenters. The molecule has 0 saturated heterocycles. The van der Waals surface area contributed by atoms with E-state index in [9.17, 15) is 14.7 Å². The van der Waals surface area contributed by atoms with Gasteiger partial charge in [0, 0.05) is 11.8 Å². The van der Waals surface area contributed by atoms with Crippen LogP contribution < -0.4 is 0 Å². The number of hydrogen-bond acceptors (Lipinski definition) is 5. The third-order valence-electron chi connectivity index (χ3n) is 8.61. The smallest absolute Gasteiger partial charge is 0.344 e. The summed E-state index contributed by atoms with van der Waals surface area (Å²) >= 11 is 0. The summed E-state index contributed by atoms with van der Waals surface area (Å²) in [6.07, 6.45) is 6.57. The number of nitrogens with zero attached hydrogens (tertiary/aromatic N) is 1. The molecule has 4 aliphatic carbocycles. The van der Waals surface area contributed by atoms with E-state index >= 15 is 0 Å². The van der Waals surface area contributed by atoms with Gasteiger partial charge in [0.25, 0.3) is 0 Å². The first-order chi connectivity index (χ1) is 12.8. The van der Waals surface area contributed by atoms with E-state index in [1.165, 1.54) is 0 Å². The number of Topliss-reactive ketones (excluding diaryl/α,β-unsaturated/α-hetero) is 1. The largest absolute Gasteiger partial charge is 0.479 e. The fourth-order valence-electron chi connectivity index (χ4n) is 7.13. The van der Waals surface area contributed by atoms with E-state index < -0.39 is 12.6 Å². The van der Waals surface area contributed by atoms with Gasteiger partial charge in [0.1, 0.15) is 5.78 Å². The monoisotopic (exact) mass is 377 g/mol. The number of carbonyl (C=O) groups is 2. The number of carbonyl (C=O) groups excluding carboxylic acids is 1. The molecule has 150 valence electrons. The van der Waals surface area contributed by atoms with Crippen molar-refractivity contribution in [3.63, 3.8) is 0 Å². The highest BCUT2D eigenvalue weighted by molar-refractivity contribution is 5.87. The highest BCUT2D eigenvalue weighted by Crippen LogP contribution is 2.65. The minimum absolute atomic E-state index is 0.0567. The molecule has 6 heteroatoms. The second kappa shape index (κ2) is 6.57. The quantitative estimate of drug-likeness (QED) is 0.737. The summed E-state index contributed by atoms with van der Waals surface area (Å²) in [6.45, 7) is 4.06. The van der Waals surface area contributed by atoms with Crippen LogP contribution in [0, 0.1) is 34.5 Å². The summed E-state index contributed by atoms with van der Waals surface area (Å²) in [4.78, 5) is 28.1. The number of hydrogen-bond donors (Lipinski definition) is 2. The van der Waals surface area contributed by atoms with Crippen molar-refractivity contribution in [2.75, 3.05) is 6.61 Å². The molecule has 0 spiro atoms. The number of carboxylic acid groups (broad SMARTS) is 1. The van der Waals surface area contributed by atoms with Crippen LogP contribution in [0.25, 0.3) is 0 Å². The van der Waals surface area contributed by atoms with Gasteiger partial charge in [-0.1, -0.05) is 19.0 Å². The molecular formula is C21H31NO5. The average molecular weight is 377 g/mol. The molecule has 0 aromatic rings. The Bertz CT molecular complexity index is 675. The maximum atomic E-state index is 12.5. The molecule has 0 amide bonds. The van der Waals surface area contributed by atoms with Crippen LogP contribution in [0.1, 0.15) is 65.2 Å². The van der Waals surface area contributed by atoms with Crippen molar-refractivity contribution in [2.45, 2.75) is 71.3 Å². The molecule has 0 aliphatic heterocycles. The van der Waals surface area contributed by atoms with Gasteiger partial charge in [-0.3, -0.25) is 4.79 Å². The van der Waals surface area contributed by atoms with Gasteiger partial charge in [0.2, 0.25) is 6.61 Å². The molecule has 2 N–H and O–H groups in total. The number of fused-ring (bicyclic) bond motifs is 5. The highest BCUT2D eigenvalue weighted by Gasteiger charge is 2.61. The van der Waals surface area contributed by atoms with E-state index in [0.717, 1.165) is 44.2 Å². The van der Waals surface area contributed by atoms with E-state index in [-0.39, 0.29) is 22.9 Å². The Labute approximate surface area is 160 Å². The first-order valence-corrected chi connectivity index (χ1v) is 10.4. The third-order valence-corrected chi connectivity index (χ3v) is 8.61. The van der Waals surface area contributed by atoms with Crippen molar-refractivity contribution >= 4 is 17.5 Å². The van der Waals surface area contributed by atoms with Gasteiger partial charge in [-0.2, -0.15) is 0 Å². The molecule has 0 heterocycles. The molecule has 4 fully saturated rings. The van der Waals surface area contributed by atoms with E-state index in [2.05, 4.69) is 19.0 Å². The number of oxime groups is 1. The first-order valence-electron chi connectivity index (χ1n) is 10.4. The second-order valence-corrected chi connectivity index (χ2v) is 9.74. The third kappa shape index (κ3) is 2.91. The Hall–Kier alpha value is -1.43. The minimum Gasteiger partial charge on any atom is -0.479 e. The van der Waals surface area contributed by atoms with Gasteiger partial charge in [-0.25, -0.2) is 4.79 Å². The molecular weight excluding hydrogens is 346 g/mol. The van der Waals surface area contributed by atoms with Crippen molar-refractivity contribution < 1.29 is 24.6 Å². The summed E-state index contributed by atoms with van der Waals surface area (Å²) in [5.41, 5.74) is 0.755. The Kier molecular flexibility index (Phi) is 4.60. The lowest BCUT2D eigenvalue weighted by atomic mass is 9.44. The van der Waals surface area contributed by atoms with Gasteiger partial charge < -0.3 is 15.1 Å². The van der Waals surface area contributed by atoms with Gasteiger partial charge in [0.05, 0.1) is 11.8 Å². The van der Waals surface area contributed by atoms with E-state index in [1.54, 1.807) is 0 Å². The lowest BCUT2D eigenvalue weighted by molar-refractivity contribution is -0.153. The molecule has 6 nitrogen and oxygen atoms in total. The van der Waals surface area contributed by atoms with E-state index in [4.69, 9.17) is 9.94 Å². The number of ketones is 1. The molecule has 0 aromatic carbocycles. The molecule has 7 atom stereocenters. The molecule has 4 saturated carbocycles. The van der Waals surface area contributed by atoms with Crippen molar-refractivity contribution in [3.05, 3.63) is 0 Å². The van der Waals surface area contributed by atoms with Crippen LogP contribution in [0.3, 0.4) is 0 Å². The number of aliphatic hydroxyl groups is 1. The van der Waals surface area contributed by atoms with E-state index in [1.807, 2.05) is 0 Å². The minimum atomic E-state index is -1.03. The Morgan fingerprint density at radius 1 is 1.19 bits per heavy atom. The summed E-state index contributed by atoms with van der Waals surface area (Å²) in [5, 5.41) is 23.8. The fourth-order valence-corrected chi connectivity index (χ4v) is 7.13. The second-order valence-electron chi connectivity index (χ2n) is 9.74. The maximum absolute atomic E-state index is 12.5. The summed E-state index contributed by atoms with van der Waals surface area (Å²) < 4.78 is 0. The van der Waals surface area contributed by atoms with Crippen LogP contribution in [0.2, 0.25) is 0 Å². The van der Waals surface area contributed by atoms with Crippen molar-refractivity contribution in [1.82, 2.24) is 0 Å². The van der Waals surface area contributed by atoms with Crippen molar-refractivity contribution in [3.8, 4) is 0 Å². The van der Waals surface area contributed by atoms with Gasteiger partial charge >= 0.3 is 5.97 Å². The lowest BCUT2D eigenvalue weighted by Gasteiger charge is -2.60. The molecule has 27 heavy (non-hydrogen) atoms. The molecule has 4 rings (SSSR count). The molecule has 0 radical (unpaired) electrons.